The number of ether oxygens (including phenoxy) is 2. The third kappa shape index (κ3) is 3.10. The lowest BCUT2D eigenvalue weighted by Crippen LogP contribution is -2.30. The first-order valence-electron chi connectivity index (χ1n) is 4.55. The number of aliphatic hydroxyl groups excluding tert-OH is 1. The Kier molecular flexibility index (Phi) is 3.11. The normalized spacial score (nSPS) is 28.8. The van der Waals surface area contributed by atoms with Gasteiger partial charge in [-0.1, -0.05) is 5.57 Å². The topological polar surface area (TPSA) is 38.7 Å². The van der Waals surface area contributed by atoms with Crippen molar-refractivity contribution in [1.82, 2.24) is 0 Å². The van der Waals surface area contributed by atoms with Crippen LogP contribution in [0.3, 0.4) is 0 Å². The van der Waals surface area contributed by atoms with Crippen LogP contribution in [0.1, 0.15) is 27.2 Å². The maximum absolute atomic E-state index is 9.69. The Balaban J connectivity index is 2.42. The molecule has 2 atom stereocenters. The van der Waals surface area contributed by atoms with E-state index in [0.717, 1.165) is 5.57 Å². The molecule has 1 aliphatic heterocycles. The van der Waals surface area contributed by atoms with Crippen molar-refractivity contribution in [3.05, 3.63) is 12.2 Å². The molecule has 1 aliphatic rings. The van der Waals surface area contributed by atoms with Crippen LogP contribution < -0.4 is 0 Å². The molecule has 1 rings (SSSR count). The van der Waals surface area contributed by atoms with E-state index in [1.165, 1.54) is 0 Å². The Morgan fingerprint density at radius 1 is 1.69 bits per heavy atom. The van der Waals surface area contributed by atoms with Gasteiger partial charge in [-0.2, -0.15) is 0 Å². The molecule has 1 fully saturated rings. The molecule has 0 aromatic heterocycles. The van der Waals surface area contributed by atoms with Crippen LogP contribution in [0.4, 0.5) is 0 Å². The van der Waals surface area contributed by atoms with Gasteiger partial charge in [0.25, 0.3) is 0 Å². The first kappa shape index (κ1) is 10.7. The highest BCUT2D eigenvalue weighted by Crippen LogP contribution is 2.25. The van der Waals surface area contributed by atoms with Crippen molar-refractivity contribution in [2.24, 2.45) is 0 Å². The largest absolute Gasteiger partial charge is 0.390 e. The zero-order chi connectivity index (χ0) is 10.1. The first-order valence-corrected chi connectivity index (χ1v) is 4.55. The van der Waals surface area contributed by atoms with Gasteiger partial charge in [-0.3, -0.25) is 0 Å². The van der Waals surface area contributed by atoms with Crippen LogP contribution in [-0.2, 0) is 9.47 Å². The van der Waals surface area contributed by atoms with Gasteiger partial charge in [-0.15, -0.1) is 6.58 Å². The summed E-state index contributed by atoms with van der Waals surface area (Å²) in [6.45, 7) is 9.79. The summed E-state index contributed by atoms with van der Waals surface area (Å²) in [5, 5.41) is 9.69. The van der Waals surface area contributed by atoms with Crippen LogP contribution >= 0.6 is 0 Å². The second-order valence-corrected chi connectivity index (χ2v) is 4.10. The summed E-state index contributed by atoms with van der Waals surface area (Å²) < 4.78 is 10.8. The molecule has 0 saturated carbocycles. The molecule has 1 heterocycles. The molecule has 13 heavy (non-hydrogen) atoms. The van der Waals surface area contributed by atoms with Gasteiger partial charge in [0.05, 0.1) is 12.7 Å². The van der Waals surface area contributed by atoms with E-state index in [1.54, 1.807) is 0 Å². The predicted molar refractivity (Wildman–Crippen MR) is 50.3 cm³/mol. The van der Waals surface area contributed by atoms with Gasteiger partial charge in [0.1, 0.15) is 6.10 Å². The number of hydrogen-bond donors (Lipinski definition) is 1. The molecule has 0 aromatic rings. The molecule has 1 N–H and O–H groups in total. The average molecular weight is 186 g/mol. The third-order valence-corrected chi connectivity index (χ3v) is 2.02. The highest BCUT2D eigenvalue weighted by Gasteiger charge is 2.36. The minimum absolute atomic E-state index is 0.216. The fraction of sp³-hybridized carbons (Fsp3) is 0.800. The maximum Gasteiger partial charge on any atom is 0.163 e. The fourth-order valence-electron chi connectivity index (χ4n) is 1.39. The summed E-state index contributed by atoms with van der Waals surface area (Å²) in [7, 11) is 0. The summed E-state index contributed by atoms with van der Waals surface area (Å²) in [6.07, 6.45) is -0.143. The molecule has 0 unspecified atom stereocenters. The lowest BCUT2D eigenvalue weighted by Gasteiger charge is -2.20. The van der Waals surface area contributed by atoms with E-state index in [1.807, 2.05) is 20.8 Å². The van der Waals surface area contributed by atoms with E-state index in [-0.39, 0.29) is 6.10 Å². The maximum atomic E-state index is 9.69. The number of aliphatic hydroxyl groups is 1. The molecule has 0 spiro atoms. The van der Waals surface area contributed by atoms with Crippen LogP contribution in [0.15, 0.2) is 12.2 Å². The average Bonchev–Trinajstić information content (AvgIpc) is 2.28. The zero-order valence-corrected chi connectivity index (χ0v) is 8.54. The minimum atomic E-state index is -0.555. The second kappa shape index (κ2) is 3.78. The lowest BCUT2D eigenvalue weighted by atomic mass is 10.1. The standard InChI is InChI=1S/C10H18O3/c1-7(2)5-8(11)9-6-12-10(3,4)13-9/h8-9,11H,1,5-6H2,2-4H3/t8-,9-/m1/s1. The zero-order valence-electron chi connectivity index (χ0n) is 8.54. The molecule has 76 valence electrons. The Labute approximate surface area is 79.3 Å². The van der Waals surface area contributed by atoms with Crippen LogP contribution in [-0.4, -0.2) is 29.7 Å². The highest BCUT2D eigenvalue weighted by molar-refractivity contribution is 4.93. The van der Waals surface area contributed by atoms with Crippen molar-refractivity contribution in [1.29, 1.82) is 0 Å². The molecule has 3 heteroatoms. The highest BCUT2D eigenvalue weighted by atomic mass is 16.7. The van der Waals surface area contributed by atoms with Gasteiger partial charge in [0.15, 0.2) is 5.79 Å². The van der Waals surface area contributed by atoms with E-state index in [4.69, 9.17) is 9.47 Å². The first-order chi connectivity index (χ1) is 5.91. The van der Waals surface area contributed by atoms with Gasteiger partial charge in [0, 0.05) is 0 Å². The summed E-state index contributed by atoms with van der Waals surface area (Å²) in [5.41, 5.74) is 0.959. The minimum Gasteiger partial charge on any atom is -0.390 e. The van der Waals surface area contributed by atoms with Gasteiger partial charge >= 0.3 is 0 Å². The van der Waals surface area contributed by atoms with E-state index in [9.17, 15) is 5.11 Å². The SMILES string of the molecule is C=C(C)C[C@@H](O)[C@H]1COC(C)(C)O1. The van der Waals surface area contributed by atoms with Gasteiger partial charge in [-0.05, 0) is 27.2 Å². The molecular weight excluding hydrogens is 168 g/mol. The second-order valence-electron chi connectivity index (χ2n) is 4.10. The van der Waals surface area contributed by atoms with Crippen LogP contribution in [0.25, 0.3) is 0 Å². The monoisotopic (exact) mass is 186 g/mol. The van der Waals surface area contributed by atoms with E-state index in [2.05, 4.69) is 6.58 Å². The molecule has 0 aromatic carbocycles. The van der Waals surface area contributed by atoms with Gasteiger partial charge in [0.2, 0.25) is 0 Å². The molecule has 0 radical (unpaired) electrons. The summed E-state index contributed by atoms with van der Waals surface area (Å²) in [4.78, 5) is 0. The van der Waals surface area contributed by atoms with Crippen molar-refractivity contribution in [2.75, 3.05) is 6.61 Å². The molecule has 3 nitrogen and oxygen atoms in total. The lowest BCUT2D eigenvalue weighted by molar-refractivity contribution is -0.150. The molecule has 1 saturated heterocycles. The quantitative estimate of drug-likeness (QED) is 0.678. The molecular formula is C10H18O3. The fourth-order valence-corrected chi connectivity index (χ4v) is 1.39. The Hall–Kier alpha value is -0.380. The summed E-state index contributed by atoms with van der Waals surface area (Å²) in [5.74, 6) is -0.555. The van der Waals surface area contributed by atoms with Crippen molar-refractivity contribution in [3.8, 4) is 0 Å². The summed E-state index contributed by atoms with van der Waals surface area (Å²) in [6, 6.07) is 0. The smallest absolute Gasteiger partial charge is 0.163 e. The third-order valence-electron chi connectivity index (χ3n) is 2.02. The molecule has 0 aliphatic carbocycles. The predicted octanol–water partition coefficient (Wildman–Crippen LogP) is 1.46. The van der Waals surface area contributed by atoms with E-state index < -0.39 is 11.9 Å². The van der Waals surface area contributed by atoms with Crippen LogP contribution in [0, 0.1) is 0 Å². The van der Waals surface area contributed by atoms with Gasteiger partial charge in [-0.25, -0.2) is 0 Å². The van der Waals surface area contributed by atoms with Gasteiger partial charge < -0.3 is 14.6 Å². The molecule has 0 bridgehead atoms. The number of hydrogen-bond acceptors (Lipinski definition) is 3. The number of rotatable bonds is 3. The molecule has 0 amide bonds. The van der Waals surface area contributed by atoms with Crippen molar-refractivity contribution in [3.63, 3.8) is 0 Å². The van der Waals surface area contributed by atoms with Crippen molar-refractivity contribution in [2.45, 2.75) is 45.2 Å². The van der Waals surface area contributed by atoms with E-state index in [0.29, 0.717) is 13.0 Å². The van der Waals surface area contributed by atoms with Crippen molar-refractivity contribution < 1.29 is 14.6 Å². The Bertz CT molecular complexity index is 198. The van der Waals surface area contributed by atoms with Crippen LogP contribution in [0.5, 0.6) is 0 Å². The Morgan fingerprint density at radius 3 is 2.69 bits per heavy atom. The summed E-state index contributed by atoms with van der Waals surface area (Å²) >= 11 is 0. The van der Waals surface area contributed by atoms with Crippen molar-refractivity contribution >= 4 is 0 Å². The Morgan fingerprint density at radius 2 is 2.31 bits per heavy atom. The van der Waals surface area contributed by atoms with Crippen LogP contribution in [0.2, 0.25) is 0 Å². The van der Waals surface area contributed by atoms with E-state index >= 15 is 0 Å².